The van der Waals surface area contributed by atoms with Gasteiger partial charge >= 0.3 is 6.09 Å². The minimum atomic E-state index is -0.395. The van der Waals surface area contributed by atoms with Crippen LogP contribution in [0, 0.1) is 0 Å². The molecule has 1 aliphatic heterocycles. The summed E-state index contributed by atoms with van der Waals surface area (Å²) >= 11 is 0. The highest BCUT2D eigenvalue weighted by atomic mass is 16.6. The third-order valence-corrected chi connectivity index (χ3v) is 2.70. The van der Waals surface area contributed by atoms with E-state index >= 15 is 0 Å². The van der Waals surface area contributed by atoms with Crippen LogP contribution in [0.2, 0.25) is 0 Å². The van der Waals surface area contributed by atoms with E-state index in [1.807, 2.05) is 12.1 Å². The highest BCUT2D eigenvalue weighted by Gasteiger charge is 2.33. The third kappa shape index (κ3) is 2.34. The van der Waals surface area contributed by atoms with Crippen LogP contribution in [0.25, 0.3) is 0 Å². The number of rotatable bonds is 4. The Morgan fingerprint density at radius 3 is 3.00 bits per heavy atom. The van der Waals surface area contributed by atoms with E-state index in [1.54, 1.807) is 19.2 Å². The van der Waals surface area contributed by atoms with Crippen molar-refractivity contribution in [1.29, 1.82) is 0 Å². The Morgan fingerprint density at radius 2 is 2.29 bits per heavy atom. The minimum absolute atomic E-state index is 0.0116. The van der Waals surface area contributed by atoms with E-state index in [4.69, 9.17) is 14.6 Å². The zero-order valence-corrected chi connectivity index (χ0v) is 9.63. The van der Waals surface area contributed by atoms with Crippen molar-refractivity contribution in [2.75, 3.05) is 25.2 Å². The summed E-state index contributed by atoms with van der Waals surface area (Å²) in [4.78, 5) is 13.2. The summed E-state index contributed by atoms with van der Waals surface area (Å²) in [6.45, 7) is 0.456. The molecule has 5 nitrogen and oxygen atoms in total. The monoisotopic (exact) mass is 237 g/mol. The smallest absolute Gasteiger partial charge is 0.414 e. The van der Waals surface area contributed by atoms with E-state index in [0.717, 1.165) is 0 Å². The van der Waals surface area contributed by atoms with Gasteiger partial charge in [0.15, 0.2) is 0 Å². The maximum atomic E-state index is 11.7. The van der Waals surface area contributed by atoms with Gasteiger partial charge in [-0.15, -0.1) is 0 Å². The van der Waals surface area contributed by atoms with Crippen LogP contribution in [0.5, 0.6) is 5.75 Å². The molecule has 1 unspecified atom stereocenters. The average Bonchev–Trinajstić information content (AvgIpc) is 2.70. The van der Waals surface area contributed by atoms with E-state index in [-0.39, 0.29) is 12.7 Å². The molecule has 0 bridgehead atoms. The van der Waals surface area contributed by atoms with Crippen molar-refractivity contribution in [3.8, 4) is 5.75 Å². The second-order valence-electron chi connectivity index (χ2n) is 3.80. The highest BCUT2D eigenvalue weighted by molar-refractivity contribution is 5.91. The molecule has 2 rings (SSSR count). The predicted octanol–water partition coefficient (Wildman–Crippen LogP) is 1.40. The van der Waals surface area contributed by atoms with Crippen molar-refractivity contribution in [3.63, 3.8) is 0 Å². The number of benzene rings is 1. The molecule has 5 heteroatoms. The van der Waals surface area contributed by atoms with Crippen molar-refractivity contribution in [2.24, 2.45) is 0 Å². The lowest BCUT2D eigenvalue weighted by molar-refractivity contribution is 0.122. The van der Waals surface area contributed by atoms with Crippen molar-refractivity contribution in [2.45, 2.75) is 12.5 Å². The summed E-state index contributed by atoms with van der Waals surface area (Å²) in [7, 11) is 1.56. The second-order valence-corrected chi connectivity index (χ2v) is 3.80. The first-order chi connectivity index (χ1) is 8.26. The van der Waals surface area contributed by atoms with Crippen LogP contribution in [0.3, 0.4) is 0 Å². The average molecular weight is 237 g/mol. The first-order valence-corrected chi connectivity index (χ1v) is 5.48. The normalized spacial score (nSPS) is 19.3. The summed E-state index contributed by atoms with van der Waals surface area (Å²) in [6, 6.07) is 7.28. The summed E-state index contributed by atoms with van der Waals surface area (Å²) in [6.07, 6.45) is -0.192. The molecule has 1 aliphatic rings. The second kappa shape index (κ2) is 5.05. The molecular formula is C12H15NO4. The van der Waals surface area contributed by atoms with Gasteiger partial charge < -0.3 is 14.6 Å². The number of amides is 1. The number of aliphatic hydroxyl groups is 1. The van der Waals surface area contributed by atoms with Gasteiger partial charge in [0, 0.05) is 13.0 Å². The molecule has 0 spiro atoms. The quantitative estimate of drug-likeness (QED) is 0.860. The van der Waals surface area contributed by atoms with E-state index in [2.05, 4.69) is 0 Å². The molecule has 17 heavy (non-hydrogen) atoms. The molecule has 92 valence electrons. The molecule has 0 saturated carbocycles. The molecule has 0 aliphatic carbocycles. The van der Waals surface area contributed by atoms with Crippen LogP contribution in [-0.4, -0.2) is 37.6 Å². The number of carbonyl (C=O) groups is 1. The van der Waals surface area contributed by atoms with E-state index < -0.39 is 6.09 Å². The van der Waals surface area contributed by atoms with E-state index in [1.165, 1.54) is 4.90 Å². The zero-order valence-electron chi connectivity index (χ0n) is 9.63. The van der Waals surface area contributed by atoms with Crippen LogP contribution in [0.4, 0.5) is 10.5 Å². The Balaban J connectivity index is 2.20. The number of anilines is 1. The molecule has 1 aromatic rings. The molecule has 0 radical (unpaired) electrons. The minimum Gasteiger partial charge on any atom is -0.495 e. The Labute approximate surface area is 99.6 Å². The third-order valence-electron chi connectivity index (χ3n) is 2.70. The van der Waals surface area contributed by atoms with Gasteiger partial charge in [-0.1, -0.05) is 12.1 Å². The van der Waals surface area contributed by atoms with E-state index in [9.17, 15) is 4.79 Å². The molecule has 1 atom stereocenters. The fourth-order valence-corrected chi connectivity index (χ4v) is 1.87. The molecule has 1 N–H and O–H groups in total. The van der Waals surface area contributed by atoms with Crippen LogP contribution in [0.15, 0.2) is 24.3 Å². The van der Waals surface area contributed by atoms with Gasteiger partial charge in [0.05, 0.1) is 19.3 Å². The molecular weight excluding hydrogens is 222 g/mol. The largest absolute Gasteiger partial charge is 0.495 e. The number of ether oxygens (including phenoxy) is 2. The Kier molecular flexibility index (Phi) is 3.49. The van der Waals surface area contributed by atoms with Crippen molar-refractivity contribution < 1.29 is 19.4 Å². The van der Waals surface area contributed by atoms with Crippen LogP contribution in [0.1, 0.15) is 6.42 Å². The van der Waals surface area contributed by atoms with Crippen LogP contribution < -0.4 is 9.64 Å². The Hall–Kier alpha value is -1.75. The first-order valence-electron chi connectivity index (χ1n) is 5.48. The van der Waals surface area contributed by atoms with Gasteiger partial charge in [-0.05, 0) is 12.1 Å². The number of carbonyl (C=O) groups excluding carboxylic acids is 1. The van der Waals surface area contributed by atoms with Crippen LogP contribution in [-0.2, 0) is 4.74 Å². The number of nitrogens with zero attached hydrogens (tertiary/aromatic N) is 1. The standard InChI is InChI=1S/C12H15NO4/c1-16-11-5-3-2-4-10(11)13-8-9(6-7-14)17-12(13)15/h2-5,9,14H,6-8H2,1H3. The summed E-state index contributed by atoms with van der Waals surface area (Å²) in [5.74, 6) is 0.633. The topological polar surface area (TPSA) is 59.0 Å². The maximum Gasteiger partial charge on any atom is 0.414 e. The maximum absolute atomic E-state index is 11.7. The van der Waals surface area contributed by atoms with Crippen molar-refractivity contribution >= 4 is 11.8 Å². The number of para-hydroxylation sites is 2. The summed E-state index contributed by atoms with van der Waals surface area (Å²) in [5, 5.41) is 8.84. The fraction of sp³-hybridized carbons (Fsp3) is 0.417. The van der Waals surface area contributed by atoms with Gasteiger partial charge in [-0.3, -0.25) is 4.90 Å². The van der Waals surface area contributed by atoms with Gasteiger partial charge in [-0.2, -0.15) is 0 Å². The lowest BCUT2D eigenvalue weighted by atomic mass is 10.2. The fourth-order valence-electron chi connectivity index (χ4n) is 1.87. The number of aliphatic hydroxyl groups excluding tert-OH is 1. The molecule has 1 fully saturated rings. The number of cyclic esters (lactones) is 1. The zero-order chi connectivity index (χ0) is 12.3. The molecule has 0 aromatic heterocycles. The molecule has 1 amide bonds. The van der Waals surface area contributed by atoms with Gasteiger partial charge in [-0.25, -0.2) is 4.79 Å². The Bertz CT molecular complexity index is 407. The van der Waals surface area contributed by atoms with Crippen molar-refractivity contribution in [1.82, 2.24) is 0 Å². The lowest BCUT2D eigenvalue weighted by Gasteiger charge is -2.16. The molecule has 1 saturated heterocycles. The predicted molar refractivity (Wildman–Crippen MR) is 62.3 cm³/mol. The number of hydrogen-bond acceptors (Lipinski definition) is 4. The van der Waals surface area contributed by atoms with Gasteiger partial charge in [0.1, 0.15) is 11.9 Å². The first kappa shape index (κ1) is 11.7. The SMILES string of the molecule is COc1ccccc1N1CC(CCO)OC1=O. The molecule has 1 heterocycles. The van der Waals surface area contributed by atoms with Crippen LogP contribution >= 0.6 is 0 Å². The highest BCUT2D eigenvalue weighted by Crippen LogP contribution is 2.31. The van der Waals surface area contributed by atoms with Gasteiger partial charge in [0.2, 0.25) is 0 Å². The van der Waals surface area contributed by atoms with Gasteiger partial charge in [0.25, 0.3) is 0 Å². The lowest BCUT2D eigenvalue weighted by Crippen LogP contribution is -2.25. The van der Waals surface area contributed by atoms with Crippen molar-refractivity contribution in [3.05, 3.63) is 24.3 Å². The number of hydrogen-bond donors (Lipinski definition) is 1. The summed E-state index contributed by atoms with van der Waals surface area (Å²) in [5.41, 5.74) is 0.695. The summed E-state index contributed by atoms with van der Waals surface area (Å²) < 4.78 is 10.3. The van der Waals surface area contributed by atoms with E-state index in [0.29, 0.717) is 24.4 Å². The Morgan fingerprint density at radius 1 is 1.53 bits per heavy atom. The number of methoxy groups -OCH3 is 1. The molecule has 1 aromatic carbocycles.